The number of carbonyl (C=O) groups excluding carboxylic acids is 1. The van der Waals surface area contributed by atoms with Gasteiger partial charge >= 0.3 is 0 Å². The molecular formula is C17H20N2O3S2. The van der Waals surface area contributed by atoms with E-state index in [2.05, 4.69) is 5.32 Å². The van der Waals surface area contributed by atoms with Crippen LogP contribution >= 0.6 is 11.3 Å². The number of nitrogens with one attached hydrogen (secondary N) is 1. The number of benzene rings is 1. The van der Waals surface area contributed by atoms with Crippen LogP contribution in [0, 0.1) is 0 Å². The first kappa shape index (κ1) is 17.1. The number of rotatable bonds is 4. The van der Waals surface area contributed by atoms with E-state index >= 15 is 0 Å². The topological polar surface area (TPSA) is 66.5 Å². The number of hydrogen-bond acceptors (Lipinski definition) is 4. The first-order valence-corrected chi connectivity index (χ1v) is 10.3. The van der Waals surface area contributed by atoms with Crippen molar-refractivity contribution in [2.24, 2.45) is 0 Å². The van der Waals surface area contributed by atoms with Gasteiger partial charge in [0.2, 0.25) is 10.0 Å². The third-order valence-electron chi connectivity index (χ3n) is 4.06. The summed E-state index contributed by atoms with van der Waals surface area (Å²) in [7, 11) is -3.45. The van der Waals surface area contributed by atoms with E-state index in [4.69, 9.17) is 0 Å². The van der Waals surface area contributed by atoms with Crippen molar-refractivity contribution >= 4 is 33.0 Å². The highest BCUT2D eigenvalue weighted by Crippen LogP contribution is 2.22. The normalized spacial score (nSPS) is 16.5. The molecule has 1 amide bonds. The van der Waals surface area contributed by atoms with Gasteiger partial charge in [-0.2, -0.15) is 4.31 Å². The van der Waals surface area contributed by atoms with Gasteiger partial charge in [-0.1, -0.05) is 18.9 Å². The molecule has 1 aromatic heterocycles. The molecule has 1 aliphatic rings. The van der Waals surface area contributed by atoms with E-state index in [1.165, 1.54) is 11.3 Å². The zero-order valence-electron chi connectivity index (χ0n) is 13.3. The molecule has 0 atom stereocenters. The lowest BCUT2D eigenvalue weighted by atomic mass is 10.2. The molecular weight excluding hydrogens is 344 g/mol. The van der Waals surface area contributed by atoms with E-state index in [0.717, 1.165) is 25.7 Å². The van der Waals surface area contributed by atoms with Crippen LogP contribution in [0.2, 0.25) is 0 Å². The second-order valence-electron chi connectivity index (χ2n) is 5.77. The molecule has 24 heavy (non-hydrogen) atoms. The summed E-state index contributed by atoms with van der Waals surface area (Å²) in [5, 5.41) is 4.61. The van der Waals surface area contributed by atoms with Crippen molar-refractivity contribution in [2.45, 2.75) is 30.6 Å². The molecule has 2 heterocycles. The summed E-state index contributed by atoms with van der Waals surface area (Å²) in [4.78, 5) is 12.9. The molecule has 0 unspecified atom stereocenters. The molecule has 0 bridgehead atoms. The summed E-state index contributed by atoms with van der Waals surface area (Å²) >= 11 is 1.36. The van der Waals surface area contributed by atoms with E-state index in [9.17, 15) is 13.2 Å². The second-order valence-corrected chi connectivity index (χ2v) is 8.66. The van der Waals surface area contributed by atoms with Crippen LogP contribution in [0.4, 0.5) is 5.69 Å². The number of anilines is 1. The summed E-state index contributed by atoms with van der Waals surface area (Å²) in [5.74, 6) is -0.187. The van der Waals surface area contributed by atoms with Crippen LogP contribution in [-0.4, -0.2) is 31.7 Å². The summed E-state index contributed by atoms with van der Waals surface area (Å²) < 4.78 is 27.0. The second kappa shape index (κ2) is 7.46. The lowest BCUT2D eigenvalue weighted by Gasteiger charge is -2.20. The Balaban J connectivity index is 1.72. The van der Waals surface area contributed by atoms with Crippen LogP contribution in [0.1, 0.15) is 35.4 Å². The molecule has 1 fully saturated rings. The van der Waals surface area contributed by atoms with Crippen LogP contribution in [0.25, 0.3) is 0 Å². The monoisotopic (exact) mass is 364 g/mol. The molecule has 0 radical (unpaired) electrons. The first-order valence-electron chi connectivity index (χ1n) is 8.02. The average Bonchev–Trinajstić information content (AvgIpc) is 2.97. The molecule has 1 saturated heterocycles. The van der Waals surface area contributed by atoms with Crippen molar-refractivity contribution in [2.75, 3.05) is 18.4 Å². The van der Waals surface area contributed by atoms with Gasteiger partial charge in [-0.25, -0.2) is 8.42 Å². The Morgan fingerprint density at radius 3 is 2.25 bits per heavy atom. The third-order valence-corrected chi connectivity index (χ3v) is 6.84. The van der Waals surface area contributed by atoms with E-state index in [0.29, 0.717) is 23.7 Å². The molecule has 0 spiro atoms. The number of hydrogen-bond donors (Lipinski definition) is 1. The summed E-state index contributed by atoms with van der Waals surface area (Å²) in [5.41, 5.74) is 0.586. The fourth-order valence-electron chi connectivity index (χ4n) is 2.74. The highest BCUT2D eigenvalue weighted by Gasteiger charge is 2.24. The molecule has 7 heteroatoms. The van der Waals surface area contributed by atoms with Crippen molar-refractivity contribution in [1.29, 1.82) is 0 Å². The number of amides is 1. The minimum Gasteiger partial charge on any atom is -0.321 e. The predicted octanol–water partition coefficient (Wildman–Crippen LogP) is 3.57. The highest BCUT2D eigenvalue weighted by molar-refractivity contribution is 7.89. The molecule has 128 valence electrons. The lowest BCUT2D eigenvalue weighted by molar-refractivity contribution is 0.103. The quantitative estimate of drug-likeness (QED) is 0.902. The SMILES string of the molecule is O=C(Nc1ccc(S(=O)(=O)N2CCCCCC2)cc1)c1cccs1. The average molecular weight is 364 g/mol. The van der Waals surface area contributed by atoms with Gasteiger partial charge < -0.3 is 5.32 Å². The first-order chi connectivity index (χ1) is 11.6. The van der Waals surface area contributed by atoms with Crippen molar-refractivity contribution in [1.82, 2.24) is 4.31 Å². The minimum absolute atomic E-state index is 0.187. The van der Waals surface area contributed by atoms with Crippen molar-refractivity contribution in [3.05, 3.63) is 46.7 Å². The maximum atomic E-state index is 12.7. The highest BCUT2D eigenvalue weighted by atomic mass is 32.2. The number of thiophene rings is 1. The van der Waals surface area contributed by atoms with Crippen molar-refractivity contribution in [3.63, 3.8) is 0 Å². The van der Waals surface area contributed by atoms with Gasteiger partial charge in [-0.05, 0) is 48.6 Å². The Morgan fingerprint density at radius 1 is 1.00 bits per heavy atom. The Hall–Kier alpha value is -1.70. The summed E-state index contributed by atoms with van der Waals surface area (Å²) in [6.45, 7) is 1.17. The third kappa shape index (κ3) is 3.85. The molecule has 2 aromatic rings. The number of carbonyl (C=O) groups is 1. The zero-order valence-corrected chi connectivity index (χ0v) is 14.9. The predicted molar refractivity (Wildman–Crippen MR) is 95.9 cm³/mol. The smallest absolute Gasteiger partial charge is 0.265 e. The summed E-state index contributed by atoms with van der Waals surface area (Å²) in [6, 6.07) is 9.95. The van der Waals surface area contributed by atoms with E-state index in [1.807, 2.05) is 11.4 Å². The van der Waals surface area contributed by atoms with E-state index in [-0.39, 0.29) is 10.8 Å². The maximum absolute atomic E-state index is 12.7. The Morgan fingerprint density at radius 2 is 1.67 bits per heavy atom. The molecule has 1 aliphatic heterocycles. The van der Waals surface area contributed by atoms with Gasteiger partial charge in [0.1, 0.15) is 0 Å². The van der Waals surface area contributed by atoms with Crippen molar-refractivity contribution < 1.29 is 13.2 Å². The maximum Gasteiger partial charge on any atom is 0.265 e. The van der Waals surface area contributed by atoms with Gasteiger partial charge in [-0.3, -0.25) is 4.79 Å². The molecule has 0 saturated carbocycles. The summed E-state index contributed by atoms with van der Waals surface area (Å²) in [6.07, 6.45) is 3.99. The van der Waals surface area contributed by atoms with Crippen molar-refractivity contribution in [3.8, 4) is 0 Å². The molecule has 3 rings (SSSR count). The fraction of sp³-hybridized carbons (Fsp3) is 0.353. The zero-order chi connectivity index (χ0) is 17.0. The molecule has 1 aromatic carbocycles. The minimum atomic E-state index is -3.45. The standard InChI is InChI=1S/C17H20N2O3S2/c20-17(16-6-5-13-23-16)18-14-7-9-15(10-8-14)24(21,22)19-11-3-1-2-4-12-19/h5-10,13H,1-4,11-12H2,(H,18,20). The molecule has 1 N–H and O–H groups in total. The van der Waals surface area contributed by atoms with Crippen LogP contribution in [0.15, 0.2) is 46.7 Å². The van der Waals surface area contributed by atoms with Gasteiger partial charge in [-0.15, -0.1) is 11.3 Å². The van der Waals surface area contributed by atoms with Gasteiger partial charge in [0.25, 0.3) is 5.91 Å². The van der Waals surface area contributed by atoms with Gasteiger partial charge in [0, 0.05) is 18.8 Å². The van der Waals surface area contributed by atoms with E-state index in [1.54, 1.807) is 34.6 Å². The number of nitrogens with zero attached hydrogens (tertiary/aromatic N) is 1. The van der Waals surface area contributed by atoms with Crippen LogP contribution in [0.3, 0.4) is 0 Å². The van der Waals surface area contributed by atoms with Gasteiger partial charge in [0.15, 0.2) is 0 Å². The van der Waals surface area contributed by atoms with E-state index < -0.39 is 10.0 Å². The fourth-order valence-corrected chi connectivity index (χ4v) is 4.88. The Kier molecular flexibility index (Phi) is 5.33. The van der Waals surface area contributed by atoms with Crippen LogP contribution in [-0.2, 0) is 10.0 Å². The largest absolute Gasteiger partial charge is 0.321 e. The van der Waals surface area contributed by atoms with Gasteiger partial charge in [0.05, 0.1) is 9.77 Å². The molecule has 5 nitrogen and oxygen atoms in total. The lowest BCUT2D eigenvalue weighted by Crippen LogP contribution is -2.31. The van der Waals surface area contributed by atoms with Crippen LogP contribution in [0.5, 0.6) is 0 Å². The Labute approximate surface area is 146 Å². The molecule has 0 aliphatic carbocycles. The Bertz CT molecular complexity index is 776. The van der Waals surface area contributed by atoms with Crippen LogP contribution < -0.4 is 5.32 Å². The number of sulfonamides is 1.